The summed E-state index contributed by atoms with van der Waals surface area (Å²) >= 11 is 0. The second-order valence-electron chi connectivity index (χ2n) is 12.5. The van der Waals surface area contributed by atoms with Crippen molar-refractivity contribution in [2.75, 3.05) is 98.5 Å². The van der Waals surface area contributed by atoms with Gasteiger partial charge in [-0.1, -0.05) is 47.1 Å². The number of ketones is 1. The van der Waals surface area contributed by atoms with Crippen molar-refractivity contribution in [3.05, 3.63) is 12.7 Å². The van der Waals surface area contributed by atoms with E-state index in [9.17, 15) is 29.4 Å². The Bertz CT molecular complexity index is 890. The normalized spacial score (nSPS) is 12.9. The summed E-state index contributed by atoms with van der Waals surface area (Å²) in [7, 11) is 0. The molecule has 0 aliphatic rings. The summed E-state index contributed by atoms with van der Waals surface area (Å²) in [4.78, 5) is 53.9. The van der Waals surface area contributed by atoms with Crippen molar-refractivity contribution in [2.45, 2.75) is 79.2 Å². The zero-order valence-corrected chi connectivity index (χ0v) is 30.5. The molecule has 0 saturated heterocycles. The molecule has 2 atom stereocenters. The number of carboxylic acid groups (broad SMARTS) is 2. The van der Waals surface area contributed by atoms with Crippen LogP contribution in [0.5, 0.6) is 0 Å². The van der Waals surface area contributed by atoms with E-state index in [1.165, 1.54) is 0 Å². The smallest absolute Gasteiger partial charge is 0.320 e. The van der Waals surface area contributed by atoms with Gasteiger partial charge in [0.05, 0.1) is 46.2 Å². The molecule has 3 N–H and O–H groups in total. The molecule has 0 aromatic carbocycles. The monoisotopic (exact) mass is 686 g/mol. The minimum Gasteiger partial charge on any atom is -0.480 e. The van der Waals surface area contributed by atoms with Gasteiger partial charge in [-0.3, -0.25) is 33.9 Å². The number of amides is 1. The van der Waals surface area contributed by atoms with Crippen molar-refractivity contribution >= 4 is 23.6 Å². The lowest BCUT2D eigenvalue weighted by atomic mass is 10.1. The number of Topliss-reactive ketones (excluding diaryl/α,β-unsaturated/α-hetero) is 1. The molecule has 0 aliphatic heterocycles. The quantitative estimate of drug-likeness (QED) is 0.0673. The third-order valence-electron chi connectivity index (χ3n) is 8.15. The molecule has 13 heteroatoms. The molecular weight excluding hydrogens is 620 g/mol. The van der Waals surface area contributed by atoms with Gasteiger partial charge in [-0.25, -0.2) is 0 Å². The minimum absolute atomic E-state index is 0.0174. The van der Waals surface area contributed by atoms with Crippen molar-refractivity contribution in [3.63, 3.8) is 0 Å². The van der Waals surface area contributed by atoms with Crippen LogP contribution in [0.25, 0.3) is 0 Å². The molecule has 0 aromatic rings. The molecule has 2 unspecified atom stereocenters. The summed E-state index contributed by atoms with van der Waals surface area (Å²) in [6.45, 7) is 20.6. The Morgan fingerprint density at radius 1 is 0.771 bits per heavy atom. The van der Waals surface area contributed by atoms with Crippen molar-refractivity contribution in [1.82, 2.24) is 20.0 Å². The molecule has 0 rings (SSSR count). The minimum atomic E-state index is -0.999. The van der Waals surface area contributed by atoms with Crippen LogP contribution in [0.3, 0.4) is 0 Å². The van der Waals surface area contributed by atoms with Crippen molar-refractivity contribution in [3.8, 4) is 0 Å². The van der Waals surface area contributed by atoms with Crippen LogP contribution in [0.2, 0.25) is 0 Å². The lowest BCUT2D eigenvalue weighted by molar-refractivity contribution is -0.144. The van der Waals surface area contributed by atoms with Gasteiger partial charge in [0.1, 0.15) is 11.8 Å². The van der Waals surface area contributed by atoms with Gasteiger partial charge < -0.3 is 29.7 Å². The molecule has 0 bridgehead atoms. The Labute approximate surface area is 289 Å². The van der Waals surface area contributed by atoms with Crippen LogP contribution in [0.15, 0.2) is 12.7 Å². The summed E-state index contributed by atoms with van der Waals surface area (Å²) < 4.78 is 16.3. The van der Waals surface area contributed by atoms with Gasteiger partial charge in [-0.05, 0) is 38.3 Å². The van der Waals surface area contributed by atoms with E-state index in [0.29, 0.717) is 91.2 Å². The number of ether oxygens (including phenoxy) is 3. The van der Waals surface area contributed by atoms with Crippen LogP contribution in [0, 0.1) is 11.8 Å². The number of carbonyl (C=O) groups is 4. The molecule has 0 spiro atoms. The van der Waals surface area contributed by atoms with Gasteiger partial charge in [0.2, 0.25) is 5.91 Å². The number of carbonyl (C=O) groups excluding carboxylic acids is 2. The fourth-order valence-electron chi connectivity index (χ4n) is 4.89. The highest BCUT2D eigenvalue weighted by molar-refractivity contribution is 5.80. The summed E-state index contributed by atoms with van der Waals surface area (Å²) in [6, 6.07) is -0.858. The maximum absolute atomic E-state index is 12.5. The Morgan fingerprint density at radius 2 is 1.38 bits per heavy atom. The van der Waals surface area contributed by atoms with Crippen LogP contribution in [0.1, 0.15) is 73.1 Å². The molecule has 0 fully saturated rings. The fourth-order valence-corrected chi connectivity index (χ4v) is 4.89. The fraction of sp³-hybridized carbons (Fsp3) is 0.829. The molecule has 0 saturated carbocycles. The van der Waals surface area contributed by atoms with Crippen LogP contribution in [0.4, 0.5) is 0 Å². The maximum Gasteiger partial charge on any atom is 0.320 e. The number of carboxylic acids is 2. The van der Waals surface area contributed by atoms with Crippen LogP contribution in [-0.4, -0.2) is 153 Å². The van der Waals surface area contributed by atoms with E-state index >= 15 is 0 Å². The van der Waals surface area contributed by atoms with E-state index in [4.69, 9.17) is 14.2 Å². The zero-order valence-electron chi connectivity index (χ0n) is 30.5. The molecule has 0 aliphatic carbocycles. The number of aliphatic carboxylic acids is 2. The molecule has 13 nitrogen and oxygen atoms in total. The summed E-state index contributed by atoms with van der Waals surface area (Å²) in [5, 5.41) is 22.3. The Balaban J connectivity index is 4.59. The molecule has 0 aromatic heterocycles. The first-order chi connectivity index (χ1) is 22.9. The standard InChI is InChI=1S/C35H66N4O9/c1-7-15-37(17-12-30(6)9-3)18-19-38(28-34(42)43)20-21-39(16-8-2)31(35(44)45)10-11-33(41)36-14-23-47-25-27-48-26-24-46-22-13-32(40)29(4)5/h7,29-31H,1,8-28H2,2-6H3,(H,36,41)(H,42,43)(H,44,45). The van der Waals surface area contributed by atoms with Crippen molar-refractivity contribution < 1.29 is 43.6 Å². The lowest BCUT2D eigenvalue weighted by Gasteiger charge is -2.32. The predicted molar refractivity (Wildman–Crippen MR) is 187 cm³/mol. The molecule has 48 heavy (non-hydrogen) atoms. The molecule has 0 radical (unpaired) electrons. The Morgan fingerprint density at radius 3 is 1.94 bits per heavy atom. The van der Waals surface area contributed by atoms with E-state index in [1.807, 2.05) is 36.6 Å². The summed E-state index contributed by atoms with van der Waals surface area (Å²) in [5.74, 6) is -1.37. The Kier molecular flexibility index (Phi) is 28.0. The highest BCUT2D eigenvalue weighted by atomic mass is 16.5. The number of nitrogens with one attached hydrogen (secondary N) is 1. The average Bonchev–Trinajstić information content (AvgIpc) is 3.04. The summed E-state index contributed by atoms with van der Waals surface area (Å²) in [5.41, 5.74) is 0. The highest BCUT2D eigenvalue weighted by Crippen LogP contribution is 2.11. The third kappa shape index (κ3) is 24.7. The van der Waals surface area contributed by atoms with Gasteiger partial charge in [0.15, 0.2) is 0 Å². The van der Waals surface area contributed by atoms with Crippen LogP contribution < -0.4 is 5.32 Å². The third-order valence-corrected chi connectivity index (χ3v) is 8.15. The second kappa shape index (κ2) is 29.5. The van der Waals surface area contributed by atoms with Crippen LogP contribution >= 0.6 is 0 Å². The highest BCUT2D eigenvalue weighted by Gasteiger charge is 2.26. The first kappa shape index (κ1) is 45.6. The first-order valence-electron chi connectivity index (χ1n) is 17.7. The van der Waals surface area contributed by atoms with E-state index in [2.05, 4.69) is 30.6 Å². The van der Waals surface area contributed by atoms with E-state index in [0.717, 1.165) is 32.4 Å². The van der Waals surface area contributed by atoms with Gasteiger partial charge in [0.25, 0.3) is 0 Å². The second-order valence-corrected chi connectivity index (χ2v) is 12.5. The van der Waals surface area contributed by atoms with Gasteiger partial charge in [-0.15, -0.1) is 6.58 Å². The predicted octanol–water partition coefficient (Wildman–Crippen LogP) is 3.02. The number of nitrogens with zero attached hydrogens (tertiary/aromatic N) is 3. The number of hydrogen-bond acceptors (Lipinski definition) is 10. The van der Waals surface area contributed by atoms with Crippen molar-refractivity contribution in [1.29, 1.82) is 0 Å². The Hall–Kier alpha value is -2.42. The van der Waals surface area contributed by atoms with E-state index in [1.54, 1.807) is 0 Å². The zero-order chi connectivity index (χ0) is 36.2. The largest absolute Gasteiger partial charge is 0.480 e. The molecule has 1 amide bonds. The van der Waals surface area contributed by atoms with Gasteiger partial charge >= 0.3 is 11.9 Å². The van der Waals surface area contributed by atoms with Crippen molar-refractivity contribution in [2.24, 2.45) is 11.8 Å². The van der Waals surface area contributed by atoms with E-state index < -0.39 is 18.0 Å². The van der Waals surface area contributed by atoms with Crippen LogP contribution in [-0.2, 0) is 33.4 Å². The molecular formula is C35H66N4O9. The number of hydrogen-bond donors (Lipinski definition) is 3. The van der Waals surface area contributed by atoms with Gasteiger partial charge in [0, 0.05) is 58.0 Å². The maximum atomic E-state index is 12.5. The topological polar surface area (TPSA) is 158 Å². The summed E-state index contributed by atoms with van der Waals surface area (Å²) in [6.07, 6.45) is 5.36. The lowest BCUT2D eigenvalue weighted by Crippen LogP contribution is -2.47. The van der Waals surface area contributed by atoms with E-state index in [-0.39, 0.29) is 37.0 Å². The number of rotatable bonds is 34. The molecule has 280 valence electrons. The molecule has 0 heterocycles. The first-order valence-corrected chi connectivity index (χ1v) is 17.7. The van der Waals surface area contributed by atoms with Gasteiger partial charge in [-0.2, -0.15) is 0 Å². The average molecular weight is 687 g/mol. The SMILES string of the molecule is C=CCN(CCC(C)CC)CCN(CCN(CCC)C(CCC(=O)NCCOCCOCCOCCC(=O)C(C)C)C(=O)O)CC(=O)O.